The van der Waals surface area contributed by atoms with Crippen LogP contribution in [0.25, 0.3) is 21.8 Å². The Hall–Kier alpha value is -6.68. The zero-order chi connectivity index (χ0) is 62.5. The third-order valence-corrected chi connectivity index (χ3v) is 16.1. The van der Waals surface area contributed by atoms with Gasteiger partial charge in [-0.1, -0.05) is 55.7 Å². The number of nitrogens with two attached hydrogens (primary N) is 3. The molecule has 16 N–H and O–H groups in total. The van der Waals surface area contributed by atoms with E-state index in [1.807, 2.05) is 81.8 Å². The summed E-state index contributed by atoms with van der Waals surface area (Å²) in [5.41, 5.74) is 21.4. The Morgan fingerprint density at radius 3 is 1.08 bits per heavy atom. The average Bonchev–Trinajstić information content (AvgIpc) is 3.67. The van der Waals surface area contributed by atoms with Gasteiger partial charge in [-0.05, 0) is 167 Å². The highest BCUT2D eigenvalue weighted by Crippen LogP contribution is 2.23. The van der Waals surface area contributed by atoms with Gasteiger partial charge >= 0.3 is 0 Å². The van der Waals surface area contributed by atoms with Crippen molar-refractivity contribution in [2.75, 3.05) is 26.7 Å². The summed E-state index contributed by atoms with van der Waals surface area (Å²) in [4.78, 5) is 111. The van der Waals surface area contributed by atoms with Crippen LogP contribution in [0.1, 0.15) is 186 Å². The van der Waals surface area contributed by atoms with Crippen molar-refractivity contribution < 1.29 is 38.4 Å². The molecule has 2 heterocycles. The number of amides is 7. The number of aldehydes is 1. The van der Waals surface area contributed by atoms with E-state index in [-0.39, 0.29) is 135 Å². The number of aromatic nitrogens is 2. The molecule has 2 aromatic heterocycles. The molecule has 8 atom stereocenters. The van der Waals surface area contributed by atoms with Crippen molar-refractivity contribution in [3.63, 3.8) is 0 Å². The van der Waals surface area contributed by atoms with E-state index in [1.54, 1.807) is 6.92 Å². The highest BCUT2D eigenvalue weighted by molar-refractivity contribution is 5.85. The number of carbonyl (C=O) groups excluding carboxylic acids is 8. The molecule has 0 fully saturated rings. The molecule has 0 aliphatic heterocycles. The maximum Gasteiger partial charge on any atom is 0.220 e. The normalized spacial score (nSPS) is 14.2. The number of nitrogens with one attached hydrogen (secondary N) is 10. The first-order chi connectivity index (χ1) is 41.5. The lowest BCUT2D eigenvalue weighted by Crippen LogP contribution is -2.41. The molecule has 478 valence electrons. The van der Waals surface area contributed by atoms with Crippen LogP contribution >= 0.6 is 0 Å². The number of unbranched alkanes of at least 4 members (excludes halogenated alkanes) is 3. The summed E-state index contributed by atoms with van der Waals surface area (Å²) in [7, 11) is 1.87. The Labute approximate surface area is 510 Å². The Balaban J connectivity index is 1.32. The molecular weight excluding hydrogens is 1090 g/mol. The first kappa shape index (κ1) is 71.8. The van der Waals surface area contributed by atoms with Gasteiger partial charge in [0.15, 0.2) is 0 Å². The van der Waals surface area contributed by atoms with Crippen LogP contribution in [-0.4, -0.2) is 133 Å². The molecule has 4 rings (SSSR count). The monoisotopic (exact) mass is 1200 g/mol. The van der Waals surface area contributed by atoms with Gasteiger partial charge in [0, 0.05) is 134 Å². The van der Waals surface area contributed by atoms with Crippen LogP contribution in [-0.2, 0) is 51.2 Å². The van der Waals surface area contributed by atoms with Gasteiger partial charge in [-0.15, -0.1) is 0 Å². The number of benzene rings is 2. The molecule has 86 heavy (non-hydrogen) atoms. The van der Waals surface area contributed by atoms with Crippen molar-refractivity contribution in [2.24, 2.45) is 17.2 Å². The molecule has 0 saturated heterocycles. The molecule has 21 heteroatoms. The van der Waals surface area contributed by atoms with E-state index in [0.29, 0.717) is 96.7 Å². The van der Waals surface area contributed by atoms with E-state index in [1.165, 1.54) is 0 Å². The average molecular weight is 1200 g/mol. The van der Waals surface area contributed by atoms with Gasteiger partial charge in [0.1, 0.15) is 6.29 Å². The zero-order valence-electron chi connectivity index (χ0n) is 52.0. The van der Waals surface area contributed by atoms with Gasteiger partial charge in [-0.25, -0.2) is 0 Å². The number of aromatic amines is 2. The van der Waals surface area contributed by atoms with Crippen molar-refractivity contribution in [1.82, 2.24) is 52.5 Å². The molecule has 0 unspecified atom stereocenters. The minimum Gasteiger partial charge on any atom is -0.361 e. The highest BCUT2D eigenvalue weighted by atomic mass is 16.2. The largest absolute Gasteiger partial charge is 0.361 e. The second kappa shape index (κ2) is 41.4. The van der Waals surface area contributed by atoms with Gasteiger partial charge in [-0.3, -0.25) is 33.6 Å². The summed E-state index contributed by atoms with van der Waals surface area (Å²) in [6, 6.07) is 14.1. The third kappa shape index (κ3) is 29.1. The second-order valence-electron chi connectivity index (χ2n) is 23.6. The first-order valence-electron chi connectivity index (χ1n) is 31.9. The fourth-order valence-corrected chi connectivity index (χ4v) is 10.9. The number of carbonyl (C=O) groups is 8. The van der Waals surface area contributed by atoms with Gasteiger partial charge < -0.3 is 74.5 Å². The fraction of sp³-hybridized carbons (Fsp3) is 0.631. The number of fused-ring (bicyclic) bond motifs is 2. The van der Waals surface area contributed by atoms with E-state index < -0.39 is 0 Å². The number of rotatable bonds is 47. The van der Waals surface area contributed by atoms with E-state index >= 15 is 0 Å². The standard InChI is InChI=1S/C65H105N13O8/c1-45(69-4)22-29-61(82)74-51(16-10-13-38-67)25-32-64(85)77-53(41-48-43-70-57-20-7-5-18-55(48)57)27-34-60(81)72-46(2)23-30-62(83)75-52(17-11-14-39-68)26-33-65(86)78-54(42-49-44-71-58-21-8-6-19-56(49)58)28-35-63(84)76-50(15-9-12-37-66)24-31-59(80)73-47(3)36-40-79/h5-8,18-21,40,43-47,50-54,69-71H,9-17,22-39,41-42,66-68H2,1-4H3,(H,72,81)(H,73,80)(H,74,82)(H,75,83)(H,76,84)(H,77,85)(H,78,86)/t45-,46-,47-,50-,51-,52-,53+,54+/m0/s1. The minimum absolute atomic E-state index is 0.0356. The third-order valence-electron chi connectivity index (χ3n) is 16.1. The summed E-state index contributed by atoms with van der Waals surface area (Å²) in [6.45, 7) is 7.24. The summed E-state index contributed by atoms with van der Waals surface area (Å²) in [6.07, 6.45) is 17.2. The molecule has 0 radical (unpaired) electrons. The van der Waals surface area contributed by atoms with E-state index in [2.05, 4.69) is 52.5 Å². The zero-order valence-corrected chi connectivity index (χ0v) is 52.0. The predicted octanol–water partition coefficient (Wildman–Crippen LogP) is 5.91. The van der Waals surface area contributed by atoms with Crippen LogP contribution in [0.15, 0.2) is 60.9 Å². The van der Waals surface area contributed by atoms with Crippen LogP contribution in [0.5, 0.6) is 0 Å². The lowest BCUT2D eigenvalue weighted by atomic mass is 9.99. The Morgan fingerprint density at radius 1 is 0.407 bits per heavy atom. The minimum atomic E-state index is -0.386. The molecule has 0 aliphatic carbocycles. The van der Waals surface area contributed by atoms with Crippen molar-refractivity contribution in [3.05, 3.63) is 72.1 Å². The Bertz CT molecular complexity index is 2660. The lowest BCUT2D eigenvalue weighted by molar-refractivity contribution is -0.125. The molecule has 0 bridgehead atoms. The molecule has 0 aliphatic rings. The maximum atomic E-state index is 13.9. The predicted molar refractivity (Wildman–Crippen MR) is 341 cm³/mol. The lowest BCUT2D eigenvalue weighted by Gasteiger charge is -2.23. The Morgan fingerprint density at radius 2 is 0.721 bits per heavy atom. The van der Waals surface area contributed by atoms with Crippen LogP contribution in [0.2, 0.25) is 0 Å². The molecule has 0 saturated carbocycles. The van der Waals surface area contributed by atoms with Gasteiger partial charge in [0.25, 0.3) is 0 Å². The van der Waals surface area contributed by atoms with E-state index in [9.17, 15) is 38.4 Å². The second-order valence-corrected chi connectivity index (χ2v) is 23.6. The molecule has 4 aromatic rings. The number of hydrogen-bond donors (Lipinski definition) is 13. The maximum absolute atomic E-state index is 13.9. The number of hydrogen-bond acceptors (Lipinski definition) is 12. The smallest absolute Gasteiger partial charge is 0.220 e. The van der Waals surface area contributed by atoms with Crippen LogP contribution < -0.4 is 59.7 Å². The molecular formula is C65H105N13O8. The number of para-hydroxylation sites is 2. The van der Waals surface area contributed by atoms with Crippen molar-refractivity contribution in [2.45, 2.75) is 236 Å². The SMILES string of the molecule is CN[C@@H](C)CCC(=O)N[C@@H](CCCCN)CCC(=O)N[C@H](CCC(=O)N[C@@H](C)CCC(=O)N[C@@H](CCCCN)CCC(=O)N[C@H](CCC(=O)N[C@@H](CCCCN)CCC(=O)N[C@@H](C)CC=O)Cc1c[nH]c2ccccc12)Cc1c[nH]c2ccccc12. The van der Waals surface area contributed by atoms with Crippen LogP contribution in [0, 0.1) is 0 Å². The first-order valence-corrected chi connectivity index (χ1v) is 31.9. The van der Waals surface area contributed by atoms with E-state index in [0.717, 1.165) is 84.2 Å². The topological polar surface area (TPSA) is 342 Å². The van der Waals surface area contributed by atoms with Gasteiger partial charge in [0.05, 0.1) is 0 Å². The summed E-state index contributed by atoms with van der Waals surface area (Å²) < 4.78 is 0. The van der Waals surface area contributed by atoms with E-state index in [4.69, 9.17) is 17.2 Å². The molecule has 7 amide bonds. The molecule has 2 aromatic carbocycles. The summed E-state index contributed by atoms with van der Waals surface area (Å²) >= 11 is 0. The molecule has 21 nitrogen and oxygen atoms in total. The Kier molecular flexibility index (Phi) is 34.6. The van der Waals surface area contributed by atoms with Crippen LogP contribution in [0.4, 0.5) is 0 Å². The fourth-order valence-electron chi connectivity index (χ4n) is 10.9. The highest BCUT2D eigenvalue weighted by Gasteiger charge is 2.24. The number of H-pyrrole nitrogens is 2. The van der Waals surface area contributed by atoms with Gasteiger partial charge in [-0.2, -0.15) is 0 Å². The van der Waals surface area contributed by atoms with Crippen molar-refractivity contribution in [3.8, 4) is 0 Å². The quantitative estimate of drug-likeness (QED) is 0.0181. The summed E-state index contributed by atoms with van der Waals surface area (Å²) in [5.74, 6) is -1.13. The molecule has 0 spiro atoms. The van der Waals surface area contributed by atoms with Gasteiger partial charge in [0.2, 0.25) is 41.4 Å². The van der Waals surface area contributed by atoms with Crippen molar-refractivity contribution in [1.29, 1.82) is 0 Å². The van der Waals surface area contributed by atoms with Crippen LogP contribution in [0.3, 0.4) is 0 Å². The summed E-state index contributed by atoms with van der Waals surface area (Å²) in [5, 5.41) is 27.0. The van der Waals surface area contributed by atoms with Crippen molar-refractivity contribution >= 4 is 69.4 Å².